The lowest BCUT2D eigenvalue weighted by Crippen LogP contribution is -2.32. The monoisotopic (exact) mass is 437 g/mol. The first-order valence-corrected chi connectivity index (χ1v) is 10.7. The van der Waals surface area contributed by atoms with E-state index in [1.165, 1.54) is 12.1 Å². The van der Waals surface area contributed by atoms with Crippen molar-refractivity contribution >= 4 is 29.7 Å². The number of carboxylic acid groups (broad SMARTS) is 1. The van der Waals surface area contributed by atoms with Crippen molar-refractivity contribution in [3.05, 3.63) is 42.0 Å². The number of nitrogens with zero attached hydrogens (tertiary/aromatic N) is 2. The van der Waals surface area contributed by atoms with Crippen LogP contribution in [-0.2, 0) is 4.74 Å². The molecule has 0 saturated carbocycles. The van der Waals surface area contributed by atoms with E-state index in [0.29, 0.717) is 16.5 Å². The van der Waals surface area contributed by atoms with Crippen molar-refractivity contribution in [2.45, 2.75) is 56.6 Å². The van der Waals surface area contributed by atoms with Gasteiger partial charge in [-0.15, -0.1) is 0 Å². The molecule has 1 aromatic carbocycles. The lowest BCUT2D eigenvalue weighted by Gasteiger charge is -2.10. The summed E-state index contributed by atoms with van der Waals surface area (Å²) in [6.45, 7) is 4.71. The molecule has 1 aromatic heterocycles. The number of nitrogens with one attached hydrogen (secondary N) is 2. The molecule has 0 aliphatic carbocycles. The molecule has 30 heavy (non-hydrogen) atoms. The average molecular weight is 438 g/mol. The molecule has 0 spiro atoms. The fraction of sp³-hybridized carbons (Fsp3) is 0.450. The Morgan fingerprint density at radius 1 is 1.33 bits per heavy atom. The Bertz CT molecular complexity index is 800. The molecule has 1 saturated heterocycles. The third kappa shape index (κ3) is 7.77. The summed E-state index contributed by atoms with van der Waals surface area (Å²) in [6.07, 6.45) is 6.43. The van der Waals surface area contributed by atoms with Gasteiger partial charge in [0.25, 0.3) is 0 Å². The molecule has 5 N–H and O–H groups in total. The second kappa shape index (κ2) is 12.3. The zero-order chi connectivity index (χ0) is 21.9. The minimum absolute atomic E-state index is 0.0912. The number of ether oxygens (including phenoxy) is 1. The predicted octanol–water partition coefficient (Wildman–Crippen LogP) is 4.62. The summed E-state index contributed by atoms with van der Waals surface area (Å²) < 4.78 is 19.0. The lowest BCUT2D eigenvalue weighted by atomic mass is 10.1. The first-order chi connectivity index (χ1) is 14.4. The van der Waals surface area contributed by atoms with Crippen molar-refractivity contribution in [3.8, 4) is 0 Å². The second-order valence-electron chi connectivity index (χ2n) is 6.72. The Balaban J connectivity index is 0.000000303. The number of aromatic nitrogens is 2. The lowest BCUT2D eigenvalue weighted by molar-refractivity contribution is 0.111. The Labute approximate surface area is 180 Å². The molecule has 8 nitrogen and oxygen atoms in total. The molecule has 1 fully saturated rings. The quantitative estimate of drug-likeness (QED) is 0.463. The first-order valence-electron chi connectivity index (χ1n) is 9.82. The Morgan fingerprint density at radius 2 is 2.03 bits per heavy atom. The number of halogens is 1. The number of rotatable bonds is 7. The number of nitrogens with two attached hydrogens (primary N) is 1. The van der Waals surface area contributed by atoms with Crippen molar-refractivity contribution in [1.82, 2.24) is 15.3 Å². The minimum atomic E-state index is -0.927. The van der Waals surface area contributed by atoms with Crippen LogP contribution in [0.25, 0.3) is 0 Å². The molecule has 0 radical (unpaired) electrons. The van der Waals surface area contributed by atoms with E-state index in [9.17, 15) is 9.18 Å². The zero-order valence-electron chi connectivity index (χ0n) is 17.1. The van der Waals surface area contributed by atoms with Gasteiger partial charge in [0.15, 0.2) is 0 Å². The van der Waals surface area contributed by atoms with Crippen LogP contribution in [0.5, 0.6) is 0 Å². The van der Waals surface area contributed by atoms with Crippen molar-refractivity contribution < 1.29 is 19.0 Å². The van der Waals surface area contributed by atoms with Gasteiger partial charge in [-0.1, -0.05) is 13.8 Å². The van der Waals surface area contributed by atoms with Crippen LogP contribution in [0, 0.1) is 5.82 Å². The number of amides is 1. The van der Waals surface area contributed by atoms with Gasteiger partial charge in [0.1, 0.15) is 5.82 Å². The van der Waals surface area contributed by atoms with Gasteiger partial charge in [-0.2, -0.15) is 0 Å². The molecule has 0 bridgehead atoms. The Kier molecular flexibility index (Phi) is 9.78. The van der Waals surface area contributed by atoms with Crippen LogP contribution in [0.4, 0.5) is 20.8 Å². The van der Waals surface area contributed by atoms with E-state index in [0.717, 1.165) is 49.8 Å². The van der Waals surface area contributed by atoms with Crippen molar-refractivity contribution in [3.63, 3.8) is 0 Å². The van der Waals surface area contributed by atoms with Crippen molar-refractivity contribution in [2.24, 2.45) is 5.14 Å². The summed E-state index contributed by atoms with van der Waals surface area (Å²) in [6, 6.07) is 4.61. The van der Waals surface area contributed by atoms with Crippen LogP contribution >= 0.6 is 11.9 Å². The Hall–Kier alpha value is -2.43. The molecule has 0 unspecified atom stereocenters. The Morgan fingerprint density at radius 3 is 2.53 bits per heavy atom. The molecule has 164 valence electrons. The van der Waals surface area contributed by atoms with Crippen LogP contribution < -0.4 is 15.8 Å². The average Bonchev–Trinajstić information content (AvgIpc) is 3.27. The van der Waals surface area contributed by atoms with Crippen LogP contribution in [0.3, 0.4) is 0 Å². The summed E-state index contributed by atoms with van der Waals surface area (Å²) in [7, 11) is 0. The summed E-state index contributed by atoms with van der Waals surface area (Å²) in [4.78, 5) is 19.1. The van der Waals surface area contributed by atoms with Gasteiger partial charge in [0.05, 0.1) is 6.10 Å². The fourth-order valence-corrected chi connectivity index (χ4v) is 3.28. The number of hydrogen-bond acceptors (Lipinski definition) is 7. The standard InChI is InChI=1S/C14H15FN4OS.C6H13NO2/c15-10-4-11(6-12(5-10)21-16)19-14-17-7-9(8-18-14)13-2-1-3-20-13;1-3-5(4-2)7-6(8)9/h4-8,13H,1-3,16H2,(H,17,18,19);5,7H,3-4H2,1-2H3,(H,8,9)/t13-;/m0./s1. The molecule has 1 aliphatic heterocycles. The molecular formula is C20H28FN5O3S. The van der Waals surface area contributed by atoms with Gasteiger partial charge >= 0.3 is 6.09 Å². The van der Waals surface area contributed by atoms with Gasteiger partial charge in [0.2, 0.25) is 5.95 Å². The van der Waals surface area contributed by atoms with Crippen molar-refractivity contribution in [2.75, 3.05) is 11.9 Å². The highest BCUT2D eigenvalue weighted by atomic mass is 32.2. The van der Waals surface area contributed by atoms with Crippen LogP contribution in [0.1, 0.15) is 51.2 Å². The third-order valence-corrected chi connectivity index (χ3v) is 5.06. The molecule has 10 heteroatoms. The molecule has 2 heterocycles. The van der Waals surface area contributed by atoms with E-state index in [4.69, 9.17) is 15.0 Å². The zero-order valence-corrected chi connectivity index (χ0v) is 17.9. The summed E-state index contributed by atoms with van der Waals surface area (Å²) in [5.41, 5.74) is 1.53. The molecule has 1 atom stereocenters. The number of hydrogen-bond donors (Lipinski definition) is 4. The van der Waals surface area contributed by atoms with Crippen LogP contribution in [-0.4, -0.2) is 33.8 Å². The van der Waals surface area contributed by atoms with Gasteiger partial charge in [0, 0.05) is 41.2 Å². The maximum absolute atomic E-state index is 13.4. The summed E-state index contributed by atoms with van der Waals surface area (Å²) in [5.74, 6) is 0.0549. The second-order valence-corrected chi connectivity index (χ2v) is 7.43. The topological polar surface area (TPSA) is 122 Å². The van der Waals surface area contributed by atoms with Crippen LogP contribution in [0.15, 0.2) is 35.5 Å². The molecule has 2 aromatic rings. The maximum Gasteiger partial charge on any atom is 0.404 e. The summed E-state index contributed by atoms with van der Waals surface area (Å²) in [5, 5.41) is 19.0. The minimum Gasteiger partial charge on any atom is -0.465 e. The number of anilines is 2. The molecule has 1 amide bonds. The number of carbonyl (C=O) groups is 1. The van der Waals surface area contributed by atoms with Gasteiger partial charge < -0.3 is 20.5 Å². The van der Waals surface area contributed by atoms with Crippen LogP contribution in [0.2, 0.25) is 0 Å². The smallest absolute Gasteiger partial charge is 0.404 e. The van der Waals surface area contributed by atoms with E-state index in [1.807, 2.05) is 13.8 Å². The molecule has 1 aliphatic rings. The molecule has 3 rings (SSSR count). The largest absolute Gasteiger partial charge is 0.465 e. The highest BCUT2D eigenvalue weighted by Crippen LogP contribution is 2.28. The highest BCUT2D eigenvalue weighted by molar-refractivity contribution is 7.97. The fourth-order valence-electron chi connectivity index (χ4n) is 2.91. The van der Waals surface area contributed by atoms with Crippen molar-refractivity contribution in [1.29, 1.82) is 0 Å². The number of benzene rings is 1. The molecular weight excluding hydrogens is 409 g/mol. The van der Waals surface area contributed by atoms with E-state index < -0.39 is 6.09 Å². The highest BCUT2D eigenvalue weighted by Gasteiger charge is 2.18. The van der Waals surface area contributed by atoms with E-state index >= 15 is 0 Å². The van der Waals surface area contributed by atoms with Gasteiger partial charge in [-0.3, -0.25) is 5.14 Å². The first kappa shape index (κ1) is 23.8. The third-order valence-electron chi connectivity index (χ3n) is 4.55. The van der Waals surface area contributed by atoms with E-state index in [-0.39, 0.29) is 18.0 Å². The van der Waals surface area contributed by atoms with E-state index in [2.05, 4.69) is 20.6 Å². The van der Waals surface area contributed by atoms with Gasteiger partial charge in [-0.25, -0.2) is 19.2 Å². The van der Waals surface area contributed by atoms with E-state index in [1.54, 1.807) is 18.5 Å². The predicted molar refractivity (Wildman–Crippen MR) is 115 cm³/mol. The summed E-state index contributed by atoms with van der Waals surface area (Å²) >= 11 is 0.990. The SMILES string of the molecule is CCC(CC)NC(=O)O.NSc1cc(F)cc(Nc2ncc([C@@H]3CCCO3)cn2)c1. The normalized spacial score (nSPS) is 15.4. The van der Waals surface area contributed by atoms with Gasteiger partial charge in [-0.05, 0) is 55.8 Å². The maximum atomic E-state index is 13.4.